The Morgan fingerprint density at radius 2 is 1.56 bits per heavy atom. The minimum absolute atomic E-state index is 0.0617. The minimum Gasteiger partial charge on any atom is -0.483 e. The molecule has 4 amide bonds. The number of non-ortho nitro benzene ring substituents is 1. The van der Waals surface area contributed by atoms with Gasteiger partial charge in [-0.1, -0.05) is 74.5 Å². The summed E-state index contributed by atoms with van der Waals surface area (Å²) >= 11 is 0. The van der Waals surface area contributed by atoms with Crippen LogP contribution in [0.4, 0.5) is 10.5 Å². The molecule has 3 aromatic rings. The normalized spacial score (nSPS) is 15.3. The molecule has 1 aliphatic heterocycles. The Morgan fingerprint density at radius 3 is 2.08 bits per heavy atom. The summed E-state index contributed by atoms with van der Waals surface area (Å²) < 4.78 is 5.80. The van der Waals surface area contributed by atoms with Gasteiger partial charge < -0.3 is 30.7 Å². The highest BCUT2D eigenvalue weighted by Crippen LogP contribution is 2.28. The third kappa shape index (κ3) is 9.77. The number of aliphatic hydroxyl groups excluding tert-OH is 1. The predicted octanol–water partition coefficient (Wildman–Crippen LogP) is 3.85. The summed E-state index contributed by atoms with van der Waals surface area (Å²) in [5, 5.41) is 31.7. The van der Waals surface area contributed by atoms with Crippen molar-refractivity contribution in [2.45, 2.75) is 71.2 Å². The quantitative estimate of drug-likeness (QED) is 0.134. The molecular formula is C36H45N5O7. The zero-order valence-corrected chi connectivity index (χ0v) is 27.8. The minimum atomic E-state index is -1.07. The summed E-state index contributed by atoms with van der Waals surface area (Å²) in [6.07, 6.45) is -0.206. The maximum absolute atomic E-state index is 13.7. The largest absolute Gasteiger partial charge is 0.483 e. The number of aryl methyl sites for hydroxylation is 2. The van der Waals surface area contributed by atoms with E-state index in [9.17, 15) is 29.6 Å². The van der Waals surface area contributed by atoms with Crippen LogP contribution in [0.15, 0.2) is 72.8 Å². The second-order valence-corrected chi connectivity index (χ2v) is 12.6. The maximum Gasteiger partial charge on any atom is 0.318 e. The molecule has 4 rings (SSSR count). The van der Waals surface area contributed by atoms with Crippen molar-refractivity contribution < 1.29 is 29.2 Å². The Hall–Kier alpha value is -4.97. The lowest BCUT2D eigenvalue weighted by Crippen LogP contribution is -2.55. The molecule has 0 spiro atoms. The number of nitrogens with one attached hydrogen (secondary N) is 3. The van der Waals surface area contributed by atoms with E-state index >= 15 is 0 Å². The number of carbonyl (C=O) groups is 3. The molecule has 0 saturated carbocycles. The topological polar surface area (TPSA) is 163 Å². The van der Waals surface area contributed by atoms with E-state index in [0.717, 1.165) is 11.1 Å². The number of nitro benzene ring substituents is 1. The van der Waals surface area contributed by atoms with E-state index in [1.807, 2.05) is 74.5 Å². The van der Waals surface area contributed by atoms with Crippen LogP contribution in [0.25, 0.3) is 0 Å². The van der Waals surface area contributed by atoms with Crippen molar-refractivity contribution in [3.8, 4) is 5.75 Å². The van der Waals surface area contributed by atoms with Gasteiger partial charge in [-0.3, -0.25) is 19.7 Å². The first-order chi connectivity index (χ1) is 22.9. The van der Waals surface area contributed by atoms with Crippen LogP contribution in [0.1, 0.15) is 42.5 Å². The number of urea groups is 1. The number of carbonyl (C=O) groups excluding carboxylic acids is 3. The van der Waals surface area contributed by atoms with Gasteiger partial charge in [-0.05, 0) is 61.3 Å². The van der Waals surface area contributed by atoms with Gasteiger partial charge in [0.1, 0.15) is 11.8 Å². The van der Waals surface area contributed by atoms with Crippen molar-refractivity contribution in [2.24, 2.45) is 5.92 Å². The van der Waals surface area contributed by atoms with E-state index in [1.165, 1.54) is 12.1 Å². The average Bonchev–Trinajstić information content (AvgIpc) is 3.45. The third-order valence-electron chi connectivity index (χ3n) is 8.44. The number of ether oxygens (including phenoxy) is 1. The van der Waals surface area contributed by atoms with Crippen LogP contribution in [0.2, 0.25) is 0 Å². The molecule has 12 heteroatoms. The number of amides is 4. The summed E-state index contributed by atoms with van der Waals surface area (Å²) in [6.45, 7) is 7.67. The first kappa shape index (κ1) is 35.9. The highest BCUT2D eigenvalue weighted by Gasteiger charge is 2.36. The molecule has 48 heavy (non-hydrogen) atoms. The van der Waals surface area contributed by atoms with E-state index in [-0.39, 0.29) is 36.6 Å². The second kappa shape index (κ2) is 16.7. The molecule has 3 aromatic carbocycles. The highest BCUT2D eigenvalue weighted by atomic mass is 16.6. The molecule has 12 nitrogen and oxygen atoms in total. The Labute approximate surface area is 281 Å². The fourth-order valence-corrected chi connectivity index (χ4v) is 6.19. The lowest BCUT2D eigenvalue weighted by Gasteiger charge is -2.32. The zero-order chi connectivity index (χ0) is 34.8. The van der Waals surface area contributed by atoms with E-state index in [4.69, 9.17) is 4.74 Å². The predicted molar refractivity (Wildman–Crippen MR) is 182 cm³/mol. The number of nitro groups is 1. The number of nitrogens with zero attached hydrogens (tertiary/aromatic N) is 2. The molecule has 1 saturated heterocycles. The smallest absolute Gasteiger partial charge is 0.318 e. The zero-order valence-electron chi connectivity index (χ0n) is 27.8. The summed E-state index contributed by atoms with van der Waals surface area (Å²) in [5.41, 5.74) is 2.85. The number of hydrogen-bond acceptors (Lipinski definition) is 7. The van der Waals surface area contributed by atoms with Crippen molar-refractivity contribution >= 4 is 23.5 Å². The Morgan fingerprint density at radius 1 is 0.979 bits per heavy atom. The van der Waals surface area contributed by atoms with Crippen molar-refractivity contribution in [3.05, 3.63) is 105 Å². The summed E-state index contributed by atoms with van der Waals surface area (Å²) in [7, 11) is 0. The van der Waals surface area contributed by atoms with E-state index < -0.39 is 35.1 Å². The molecule has 0 aromatic heterocycles. The molecule has 1 heterocycles. The van der Waals surface area contributed by atoms with Crippen molar-refractivity contribution in [1.29, 1.82) is 0 Å². The Bertz CT molecular complexity index is 1540. The molecule has 1 aliphatic rings. The van der Waals surface area contributed by atoms with Gasteiger partial charge in [0, 0.05) is 31.3 Å². The van der Waals surface area contributed by atoms with Crippen LogP contribution >= 0.6 is 0 Å². The first-order valence-corrected chi connectivity index (χ1v) is 16.2. The number of rotatable bonds is 16. The fourth-order valence-electron chi connectivity index (χ4n) is 6.19. The molecule has 4 N–H and O–H groups in total. The summed E-state index contributed by atoms with van der Waals surface area (Å²) in [5.74, 6) is -0.547. The molecule has 256 valence electrons. The van der Waals surface area contributed by atoms with Crippen molar-refractivity contribution in [3.63, 3.8) is 0 Å². The molecular weight excluding hydrogens is 614 g/mol. The van der Waals surface area contributed by atoms with E-state index in [1.54, 1.807) is 18.7 Å². The first-order valence-electron chi connectivity index (χ1n) is 16.2. The number of hydrogen-bond donors (Lipinski definition) is 4. The van der Waals surface area contributed by atoms with Gasteiger partial charge >= 0.3 is 6.03 Å². The second-order valence-electron chi connectivity index (χ2n) is 12.6. The SMILES string of the molecule is Cc1cc([N+](=O)[O-])cc(C)c1OCC(=O)N[C@@H](Cc1ccccc1)[C@@H](O)C[C@H](Cc1ccccc1)NC(=O)[C@H](C(C)C)N1CCNC1=O. The molecule has 1 fully saturated rings. The molecule has 0 radical (unpaired) electrons. The van der Waals surface area contributed by atoms with Gasteiger partial charge in [0.25, 0.3) is 11.6 Å². The highest BCUT2D eigenvalue weighted by molar-refractivity contribution is 5.88. The Kier molecular flexibility index (Phi) is 12.5. The van der Waals surface area contributed by atoms with Crippen LogP contribution in [0, 0.1) is 29.9 Å². The van der Waals surface area contributed by atoms with E-state index in [0.29, 0.717) is 42.8 Å². The molecule has 4 atom stereocenters. The fraction of sp³-hybridized carbons (Fsp3) is 0.417. The van der Waals surface area contributed by atoms with Crippen LogP contribution in [0.3, 0.4) is 0 Å². The van der Waals surface area contributed by atoms with Gasteiger partial charge in [-0.25, -0.2) is 4.79 Å². The van der Waals surface area contributed by atoms with Gasteiger partial charge in [0.05, 0.1) is 17.1 Å². The van der Waals surface area contributed by atoms with Gasteiger partial charge in [-0.15, -0.1) is 0 Å². The lowest BCUT2D eigenvalue weighted by molar-refractivity contribution is -0.385. The van der Waals surface area contributed by atoms with Gasteiger partial charge in [-0.2, -0.15) is 0 Å². The summed E-state index contributed by atoms with van der Waals surface area (Å²) in [4.78, 5) is 51.8. The molecule has 0 bridgehead atoms. The standard InChI is InChI=1S/C36H45N5O7/c1-23(2)33(40-16-15-37-36(40)45)35(44)38-28(19-26-11-7-5-8-12-26)21-31(42)30(20-27-13-9-6-10-14-27)39-32(43)22-48-34-24(3)17-29(41(46)47)18-25(34)4/h5-14,17-18,23,28,30-31,33,42H,15-16,19-22H2,1-4H3,(H,37,45)(H,38,44)(H,39,43)/t28-,30-,31-,33-/m0/s1. The monoisotopic (exact) mass is 659 g/mol. The Balaban J connectivity index is 1.52. The third-order valence-corrected chi connectivity index (χ3v) is 8.44. The molecule has 0 aliphatic carbocycles. The maximum atomic E-state index is 13.7. The van der Waals surface area contributed by atoms with Gasteiger partial charge in [0.2, 0.25) is 5.91 Å². The van der Waals surface area contributed by atoms with Crippen LogP contribution in [-0.4, -0.2) is 76.7 Å². The van der Waals surface area contributed by atoms with Crippen LogP contribution in [-0.2, 0) is 22.4 Å². The number of benzene rings is 3. The van der Waals surface area contributed by atoms with E-state index in [2.05, 4.69) is 16.0 Å². The van der Waals surface area contributed by atoms with Crippen LogP contribution in [0.5, 0.6) is 5.75 Å². The average molecular weight is 660 g/mol. The van der Waals surface area contributed by atoms with Gasteiger partial charge in [0.15, 0.2) is 6.61 Å². The molecule has 0 unspecified atom stereocenters. The summed E-state index contributed by atoms with van der Waals surface area (Å²) in [6, 6.07) is 19.6. The van der Waals surface area contributed by atoms with Crippen LogP contribution < -0.4 is 20.7 Å². The van der Waals surface area contributed by atoms with Crippen molar-refractivity contribution in [2.75, 3.05) is 19.7 Å². The lowest BCUT2D eigenvalue weighted by atomic mass is 9.93. The van der Waals surface area contributed by atoms with Crippen molar-refractivity contribution in [1.82, 2.24) is 20.9 Å². The number of aliphatic hydroxyl groups is 1.